The molecule has 3 rings (SSSR count). The highest BCUT2D eigenvalue weighted by Crippen LogP contribution is 2.29. The Kier molecular flexibility index (Phi) is 3.53. The normalized spacial score (nSPS) is 16.6. The number of nitrogen functional groups attached to an aromatic ring is 1. The lowest BCUT2D eigenvalue weighted by Gasteiger charge is -2.22. The maximum Gasteiger partial charge on any atom is 0.0437 e. The van der Waals surface area contributed by atoms with Crippen LogP contribution in [0.3, 0.4) is 0 Å². The van der Waals surface area contributed by atoms with E-state index in [4.69, 9.17) is 5.73 Å². The van der Waals surface area contributed by atoms with Gasteiger partial charge in [0.15, 0.2) is 0 Å². The minimum Gasteiger partial charge on any atom is -0.398 e. The quantitative estimate of drug-likeness (QED) is 0.820. The molecule has 0 saturated heterocycles. The van der Waals surface area contributed by atoms with Crippen molar-refractivity contribution in [3.63, 3.8) is 0 Å². The SMILES string of the molecule is Nc1ccc(NCC2CCCCC2)c2cnccc12. The van der Waals surface area contributed by atoms with Gasteiger partial charge >= 0.3 is 0 Å². The third kappa shape index (κ3) is 2.65. The summed E-state index contributed by atoms with van der Waals surface area (Å²) in [5.41, 5.74) is 7.98. The van der Waals surface area contributed by atoms with E-state index in [0.29, 0.717) is 0 Å². The molecule has 1 aliphatic rings. The Balaban J connectivity index is 1.79. The number of hydrogen-bond acceptors (Lipinski definition) is 3. The topological polar surface area (TPSA) is 50.9 Å². The van der Waals surface area contributed by atoms with Crippen LogP contribution in [-0.4, -0.2) is 11.5 Å². The maximum absolute atomic E-state index is 6.01. The van der Waals surface area contributed by atoms with Crippen LogP contribution in [0, 0.1) is 5.92 Å². The van der Waals surface area contributed by atoms with Gasteiger partial charge in [-0.2, -0.15) is 0 Å². The van der Waals surface area contributed by atoms with Crippen molar-refractivity contribution >= 4 is 22.1 Å². The molecule has 1 aromatic carbocycles. The predicted molar refractivity (Wildman–Crippen MR) is 81.2 cm³/mol. The number of nitrogens with one attached hydrogen (secondary N) is 1. The number of fused-ring (bicyclic) bond motifs is 1. The number of aromatic nitrogens is 1. The van der Waals surface area contributed by atoms with Gasteiger partial charge < -0.3 is 11.1 Å². The summed E-state index contributed by atoms with van der Waals surface area (Å²) in [6.07, 6.45) is 10.6. The molecule has 2 aromatic rings. The molecular formula is C16H21N3. The number of anilines is 2. The number of rotatable bonds is 3. The molecule has 0 radical (unpaired) electrons. The van der Waals surface area contributed by atoms with Gasteiger partial charge in [0.25, 0.3) is 0 Å². The summed E-state index contributed by atoms with van der Waals surface area (Å²) >= 11 is 0. The fourth-order valence-electron chi connectivity index (χ4n) is 3.01. The van der Waals surface area contributed by atoms with E-state index < -0.39 is 0 Å². The molecule has 0 bridgehead atoms. The largest absolute Gasteiger partial charge is 0.398 e. The van der Waals surface area contributed by atoms with Crippen LogP contribution in [0.1, 0.15) is 32.1 Å². The minimum absolute atomic E-state index is 0.818. The molecule has 0 amide bonds. The van der Waals surface area contributed by atoms with Crippen LogP contribution >= 0.6 is 0 Å². The van der Waals surface area contributed by atoms with Crippen LogP contribution in [0.5, 0.6) is 0 Å². The highest BCUT2D eigenvalue weighted by molar-refractivity contribution is 6.00. The molecule has 0 unspecified atom stereocenters. The average molecular weight is 255 g/mol. The summed E-state index contributed by atoms with van der Waals surface area (Å²) in [7, 11) is 0. The van der Waals surface area contributed by atoms with Gasteiger partial charge in [-0.1, -0.05) is 19.3 Å². The first-order chi connectivity index (χ1) is 9.34. The van der Waals surface area contributed by atoms with E-state index in [1.807, 2.05) is 18.3 Å². The second kappa shape index (κ2) is 5.47. The van der Waals surface area contributed by atoms with Crippen molar-refractivity contribution < 1.29 is 0 Å². The molecule has 1 heterocycles. The lowest BCUT2D eigenvalue weighted by atomic mass is 9.89. The molecule has 0 aliphatic heterocycles. The van der Waals surface area contributed by atoms with Crippen molar-refractivity contribution in [2.24, 2.45) is 5.92 Å². The summed E-state index contributed by atoms with van der Waals surface area (Å²) in [6.45, 7) is 1.06. The molecule has 100 valence electrons. The Morgan fingerprint density at radius 3 is 2.79 bits per heavy atom. The summed E-state index contributed by atoms with van der Waals surface area (Å²) in [5.74, 6) is 0.818. The van der Waals surface area contributed by atoms with E-state index >= 15 is 0 Å². The van der Waals surface area contributed by atoms with Gasteiger partial charge in [-0.25, -0.2) is 0 Å². The Morgan fingerprint density at radius 1 is 1.11 bits per heavy atom. The van der Waals surface area contributed by atoms with Crippen molar-refractivity contribution in [2.75, 3.05) is 17.6 Å². The van der Waals surface area contributed by atoms with Gasteiger partial charge in [0.1, 0.15) is 0 Å². The Hall–Kier alpha value is -1.77. The van der Waals surface area contributed by atoms with E-state index in [1.54, 1.807) is 6.20 Å². The molecule has 3 N–H and O–H groups in total. The highest BCUT2D eigenvalue weighted by Gasteiger charge is 2.13. The monoisotopic (exact) mass is 255 g/mol. The summed E-state index contributed by atoms with van der Waals surface area (Å²) < 4.78 is 0. The van der Waals surface area contributed by atoms with Gasteiger partial charge in [0, 0.05) is 41.1 Å². The molecule has 1 saturated carbocycles. The lowest BCUT2D eigenvalue weighted by molar-refractivity contribution is 0.373. The third-order valence-corrected chi connectivity index (χ3v) is 4.16. The van der Waals surface area contributed by atoms with Crippen LogP contribution in [0.25, 0.3) is 10.8 Å². The van der Waals surface area contributed by atoms with Crippen LogP contribution < -0.4 is 11.1 Å². The number of nitrogens with zero attached hydrogens (tertiary/aromatic N) is 1. The van der Waals surface area contributed by atoms with Gasteiger partial charge in [-0.15, -0.1) is 0 Å². The lowest BCUT2D eigenvalue weighted by Crippen LogP contribution is -2.17. The minimum atomic E-state index is 0.818. The van der Waals surface area contributed by atoms with Crippen molar-refractivity contribution in [3.05, 3.63) is 30.6 Å². The molecule has 0 atom stereocenters. The zero-order valence-electron chi connectivity index (χ0n) is 11.2. The second-order valence-electron chi connectivity index (χ2n) is 5.51. The molecule has 1 aliphatic carbocycles. The van der Waals surface area contributed by atoms with Gasteiger partial charge in [0.05, 0.1) is 0 Å². The molecule has 1 aromatic heterocycles. The predicted octanol–water partition coefficient (Wildman–Crippen LogP) is 3.81. The first-order valence-electron chi connectivity index (χ1n) is 7.20. The van der Waals surface area contributed by atoms with Crippen molar-refractivity contribution in [3.8, 4) is 0 Å². The Morgan fingerprint density at radius 2 is 1.95 bits per heavy atom. The molecule has 0 spiro atoms. The van der Waals surface area contributed by atoms with E-state index in [1.165, 1.54) is 32.1 Å². The first-order valence-corrected chi connectivity index (χ1v) is 7.20. The Bertz CT molecular complexity index is 559. The van der Waals surface area contributed by atoms with Gasteiger partial charge in [0.2, 0.25) is 0 Å². The standard InChI is InChI=1S/C16H21N3/c17-15-6-7-16(14-11-18-9-8-13(14)15)19-10-12-4-2-1-3-5-12/h6-9,11-12,19H,1-5,10,17H2. The first kappa shape index (κ1) is 12.3. The number of nitrogens with two attached hydrogens (primary N) is 1. The smallest absolute Gasteiger partial charge is 0.0437 e. The molecule has 3 heteroatoms. The molecule has 19 heavy (non-hydrogen) atoms. The van der Waals surface area contributed by atoms with Gasteiger partial charge in [-0.05, 0) is 37.0 Å². The number of benzene rings is 1. The molecule has 1 fully saturated rings. The van der Waals surface area contributed by atoms with Crippen LogP contribution in [-0.2, 0) is 0 Å². The van der Waals surface area contributed by atoms with E-state index in [-0.39, 0.29) is 0 Å². The number of hydrogen-bond donors (Lipinski definition) is 2. The number of pyridine rings is 1. The fourth-order valence-corrected chi connectivity index (χ4v) is 3.01. The van der Waals surface area contributed by atoms with Crippen molar-refractivity contribution in [1.82, 2.24) is 4.98 Å². The van der Waals surface area contributed by atoms with E-state index in [9.17, 15) is 0 Å². The summed E-state index contributed by atoms with van der Waals surface area (Å²) in [4.78, 5) is 4.21. The Labute approximate surface area is 114 Å². The van der Waals surface area contributed by atoms with E-state index in [0.717, 1.165) is 34.6 Å². The van der Waals surface area contributed by atoms with Crippen molar-refractivity contribution in [2.45, 2.75) is 32.1 Å². The van der Waals surface area contributed by atoms with E-state index in [2.05, 4.69) is 16.4 Å². The van der Waals surface area contributed by atoms with Crippen LogP contribution in [0.4, 0.5) is 11.4 Å². The second-order valence-corrected chi connectivity index (χ2v) is 5.51. The zero-order chi connectivity index (χ0) is 13.1. The molecular weight excluding hydrogens is 234 g/mol. The van der Waals surface area contributed by atoms with Crippen LogP contribution in [0.15, 0.2) is 30.6 Å². The zero-order valence-corrected chi connectivity index (χ0v) is 11.2. The summed E-state index contributed by atoms with van der Waals surface area (Å²) in [5, 5.41) is 5.80. The van der Waals surface area contributed by atoms with Crippen LogP contribution in [0.2, 0.25) is 0 Å². The maximum atomic E-state index is 6.01. The fraction of sp³-hybridized carbons (Fsp3) is 0.438. The highest BCUT2D eigenvalue weighted by atomic mass is 14.9. The van der Waals surface area contributed by atoms with Crippen molar-refractivity contribution in [1.29, 1.82) is 0 Å². The third-order valence-electron chi connectivity index (χ3n) is 4.16. The average Bonchev–Trinajstić information content (AvgIpc) is 2.48. The summed E-state index contributed by atoms with van der Waals surface area (Å²) in [6, 6.07) is 6.03. The van der Waals surface area contributed by atoms with Gasteiger partial charge in [-0.3, -0.25) is 4.98 Å². The molecule has 3 nitrogen and oxygen atoms in total.